The summed E-state index contributed by atoms with van der Waals surface area (Å²) >= 11 is 0. The molecule has 0 bridgehead atoms. The van der Waals surface area contributed by atoms with Crippen molar-refractivity contribution in [2.75, 3.05) is 29.1 Å². The normalized spacial score (nSPS) is 12.1. The number of urea groups is 1. The number of aromatic nitrogens is 1. The van der Waals surface area contributed by atoms with Crippen molar-refractivity contribution in [1.82, 2.24) is 9.99 Å². The summed E-state index contributed by atoms with van der Waals surface area (Å²) in [4.78, 5) is 23.5. The van der Waals surface area contributed by atoms with E-state index in [9.17, 15) is 14.9 Å². The third-order valence-corrected chi connectivity index (χ3v) is 6.20. The zero-order valence-electron chi connectivity index (χ0n) is 21.6. The van der Waals surface area contributed by atoms with Gasteiger partial charge in [-0.2, -0.15) is 5.26 Å². The van der Waals surface area contributed by atoms with Gasteiger partial charge in [0.05, 0.1) is 41.5 Å². The lowest BCUT2D eigenvalue weighted by molar-refractivity contribution is -0.117. The van der Waals surface area contributed by atoms with E-state index in [0.717, 1.165) is 42.0 Å². The molecule has 4 N–H and O–H groups in total. The number of carbonyl (C=O) groups is 2. The Kier molecular flexibility index (Phi) is 8.67. The Morgan fingerprint density at radius 3 is 2.50 bits per heavy atom. The molecule has 0 saturated heterocycles. The molecular formula is C29H32N6O3. The van der Waals surface area contributed by atoms with E-state index in [4.69, 9.17) is 4.74 Å². The van der Waals surface area contributed by atoms with E-state index in [2.05, 4.69) is 27.4 Å². The summed E-state index contributed by atoms with van der Waals surface area (Å²) in [5, 5.41) is 19.0. The number of para-hydroxylation sites is 1. The zero-order valence-corrected chi connectivity index (χ0v) is 21.6. The summed E-state index contributed by atoms with van der Waals surface area (Å²) in [5.41, 5.74) is 7.49. The predicted molar refractivity (Wildman–Crippen MR) is 149 cm³/mol. The molecule has 0 fully saturated rings. The molecule has 0 unspecified atom stereocenters. The van der Waals surface area contributed by atoms with E-state index in [0.29, 0.717) is 42.2 Å². The van der Waals surface area contributed by atoms with Crippen LogP contribution in [0, 0.1) is 18.3 Å². The first-order valence-corrected chi connectivity index (χ1v) is 12.7. The van der Waals surface area contributed by atoms with Gasteiger partial charge in [-0.15, -0.1) is 0 Å². The number of nitriles is 1. The predicted octanol–water partition coefficient (Wildman–Crippen LogP) is 5.76. The van der Waals surface area contributed by atoms with E-state index in [1.54, 1.807) is 6.92 Å². The molecule has 1 aromatic heterocycles. The number of ether oxygens (including phenoxy) is 1. The second-order valence-corrected chi connectivity index (χ2v) is 9.14. The molecule has 2 aromatic carbocycles. The highest BCUT2D eigenvalue weighted by Gasteiger charge is 2.24. The van der Waals surface area contributed by atoms with Gasteiger partial charge in [0.25, 0.3) is 0 Å². The maximum atomic E-state index is 12.5. The number of anilines is 2. The van der Waals surface area contributed by atoms with Crippen LogP contribution in [-0.2, 0) is 4.79 Å². The Labute approximate surface area is 222 Å². The monoisotopic (exact) mass is 512 g/mol. The topological polar surface area (TPSA) is 120 Å². The van der Waals surface area contributed by atoms with Crippen LogP contribution < -0.4 is 26.1 Å². The SMILES string of the molecule is CC(=O)CCCCCNC(=O)Nc1cn2c(c1C)C(Nc1ccc(Oc3ccccc3)cc1)=C(C#N)CN2. The van der Waals surface area contributed by atoms with Crippen molar-refractivity contribution in [2.24, 2.45) is 0 Å². The third kappa shape index (κ3) is 6.73. The van der Waals surface area contributed by atoms with E-state index < -0.39 is 0 Å². The van der Waals surface area contributed by atoms with Crippen LogP contribution in [0.2, 0.25) is 0 Å². The lowest BCUT2D eigenvalue weighted by Gasteiger charge is -2.23. The first kappa shape index (κ1) is 26.4. The van der Waals surface area contributed by atoms with E-state index in [1.165, 1.54) is 0 Å². The fourth-order valence-corrected chi connectivity index (χ4v) is 4.20. The largest absolute Gasteiger partial charge is 0.457 e. The molecule has 38 heavy (non-hydrogen) atoms. The maximum absolute atomic E-state index is 12.5. The Morgan fingerprint density at radius 2 is 1.79 bits per heavy atom. The molecule has 9 heteroatoms. The second-order valence-electron chi connectivity index (χ2n) is 9.14. The molecule has 0 atom stereocenters. The smallest absolute Gasteiger partial charge is 0.319 e. The highest BCUT2D eigenvalue weighted by molar-refractivity contribution is 5.93. The Bertz CT molecular complexity index is 1350. The molecule has 0 saturated carbocycles. The Morgan fingerprint density at radius 1 is 1.05 bits per heavy atom. The van der Waals surface area contributed by atoms with Crippen LogP contribution in [-0.4, -0.2) is 29.6 Å². The summed E-state index contributed by atoms with van der Waals surface area (Å²) in [6.45, 7) is 4.38. The number of Topliss-reactive ketones (excluding diaryl/α,β-unsaturated/α-hetero) is 1. The minimum absolute atomic E-state index is 0.189. The quantitative estimate of drug-likeness (QED) is 0.242. The van der Waals surface area contributed by atoms with Gasteiger partial charge < -0.3 is 30.9 Å². The van der Waals surface area contributed by atoms with Crippen LogP contribution in [0.5, 0.6) is 11.5 Å². The molecule has 1 aliphatic rings. The molecule has 2 heterocycles. The molecule has 0 aliphatic carbocycles. The van der Waals surface area contributed by atoms with Gasteiger partial charge >= 0.3 is 6.03 Å². The molecule has 2 amide bonds. The van der Waals surface area contributed by atoms with Crippen LogP contribution in [0.4, 0.5) is 16.2 Å². The first-order valence-electron chi connectivity index (χ1n) is 12.7. The highest BCUT2D eigenvalue weighted by Crippen LogP contribution is 2.33. The van der Waals surface area contributed by atoms with Crippen molar-refractivity contribution in [3.05, 3.63) is 77.6 Å². The summed E-state index contributed by atoms with van der Waals surface area (Å²) in [6.07, 6.45) is 4.92. The van der Waals surface area contributed by atoms with Crippen LogP contribution >= 0.6 is 0 Å². The molecular weight excluding hydrogens is 480 g/mol. The van der Waals surface area contributed by atoms with Crippen LogP contribution in [0.3, 0.4) is 0 Å². The van der Waals surface area contributed by atoms with Crippen LogP contribution in [0.15, 0.2) is 66.4 Å². The second kappa shape index (κ2) is 12.5. The number of amides is 2. The lowest BCUT2D eigenvalue weighted by atomic mass is 10.1. The van der Waals surface area contributed by atoms with Crippen LogP contribution in [0.25, 0.3) is 5.70 Å². The fraction of sp³-hybridized carbons (Fsp3) is 0.276. The number of hydrogen-bond acceptors (Lipinski definition) is 6. The highest BCUT2D eigenvalue weighted by atomic mass is 16.5. The number of rotatable bonds is 11. The van der Waals surface area contributed by atoms with Gasteiger partial charge in [0.2, 0.25) is 0 Å². The van der Waals surface area contributed by atoms with Gasteiger partial charge in [-0.25, -0.2) is 4.79 Å². The van der Waals surface area contributed by atoms with Crippen molar-refractivity contribution in [3.63, 3.8) is 0 Å². The first-order chi connectivity index (χ1) is 18.4. The molecule has 4 rings (SSSR count). The summed E-state index contributed by atoms with van der Waals surface area (Å²) < 4.78 is 7.69. The molecule has 1 aliphatic heterocycles. The van der Waals surface area contributed by atoms with E-state index in [1.807, 2.05) is 72.4 Å². The third-order valence-electron chi connectivity index (χ3n) is 6.20. The van der Waals surface area contributed by atoms with Gasteiger partial charge in [-0.3, -0.25) is 4.68 Å². The molecule has 3 aromatic rings. The summed E-state index contributed by atoms with van der Waals surface area (Å²) in [6, 6.07) is 19.1. The molecule has 0 radical (unpaired) electrons. The minimum atomic E-state index is -0.296. The number of carbonyl (C=O) groups excluding carboxylic acids is 2. The summed E-state index contributed by atoms with van der Waals surface area (Å²) in [7, 11) is 0. The standard InChI is InChI=1S/C29H32N6O3/c1-20(36)9-5-4-8-16-31-29(37)34-26-19-35-28(21(26)2)27(22(17-30)18-32-35)33-23-12-14-25(15-13-23)38-24-10-6-3-7-11-24/h3,6-7,10-15,19,32-33H,4-5,8-9,16,18H2,1-2H3,(H2,31,34,37). The van der Waals surface area contributed by atoms with Gasteiger partial charge in [0, 0.05) is 24.2 Å². The minimum Gasteiger partial charge on any atom is -0.457 e. The molecule has 196 valence electrons. The Balaban J connectivity index is 1.41. The number of nitrogens with one attached hydrogen (secondary N) is 4. The van der Waals surface area contributed by atoms with Gasteiger partial charge in [-0.05, 0) is 63.1 Å². The number of unbranched alkanes of at least 4 members (excludes halogenated alkanes) is 2. The van der Waals surface area contributed by atoms with Crippen molar-refractivity contribution in [2.45, 2.75) is 39.5 Å². The van der Waals surface area contributed by atoms with Gasteiger partial charge in [0.1, 0.15) is 17.3 Å². The van der Waals surface area contributed by atoms with Crippen molar-refractivity contribution in [1.29, 1.82) is 5.26 Å². The van der Waals surface area contributed by atoms with Gasteiger partial charge in [-0.1, -0.05) is 24.6 Å². The lowest BCUT2D eigenvalue weighted by Crippen LogP contribution is -2.29. The number of hydrogen-bond donors (Lipinski definition) is 4. The Hall–Kier alpha value is -4.71. The molecule has 0 spiro atoms. The average molecular weight is 513 g/mol. The number of benzene rings is 2. The number of ketones is 1. The van der Waals surface area contributed by atoms with Crippen molar-refractivity contribution in [3.8, 4) is 17.6 Å². The van der Waals surface area contributed by atoms with E-state index >= 15 is 0 Å². The number of nitrogens with zero attached hydrogens (tertiary/aromatic N) is 2. The zero-order chi connectivity index (χ0) is 26.9. The maximum Gasteiger partial charge on any atom is 0.319 e. The average Bonchev–Trinajstić information content (AvgIpc) is 3.23. The molecule has 9 nitrogen and oxygen atoms in total. The van der Waals surface area contributed by atoms with E-state index in [-0.39, 0.29) is 11.8 Å². The fourth-order valence-electron chi connectivity index (χ4n) is 4.20. The van der Waals surface area contributed by atoms with Crippen molar-refractivity contribution >= 4 is 28.9 Å². The number of fused-ring (bicyclic) bond motifs is 1. The van der Waals surface area contributed by atoms with Crippen molar-refractivity contribution < 1.29 is 14.3 Å². The van der Waals surface area contributed by atoms with Gasteiger partial charge in [0.15, 0.2) is 0 Å². The summed E-state index contributed by atoms with van der Waals surface area (Å²) in [5.74, 6) is 1.65. The van der Waals surface area contributed by atoms with Crippen LogP contribution in [0.1, 0.15) is 43.9 Å².